The molecule has 0 radical (unpaired) electrons. The van der Waals surface area contributed by atoms with E-state index in [0.717, 1.165) is 78.2 Å². The quantitative estimate of drug-likeness (QED) is 0.147. The number of allylic oxidation sites excluding steroid dienone is 10. The normalized spacial score (nSPS) is 41.7. The Balaban J connectivity index is 1.01. The Hall–Kier alpha value is -1.67. The third kappa shape index (κ3) is 7.48. The molecule has 2 nitrogen and oxygen atoms in total. The van der Waals surface area contributed by atoms with Crippen LogP contribution in [0.2, 0.25) is 0 Å². The lowest BCUT2D eigenvalue weighted by molar-refractivity contribution is 0.0461. The molecule has 0 saturated heterocycles. The van der Waals surface area contributed by atoms with Gasteiger partial charge >= 0.3 is 0 Å². The second-order valence-corrected chi connectivity index (χ2v) is 16.0. The van der Waals surface area contributed by atoms with Crippen molar-refractivity contribution < 1.29 is 0 Å². The molecule has 0 bridgehead atoms. The second kappa shape index (κ2) is 15.8. The summed E-state index contributed by atoms with van der Waals surface area (Å²) >= 11 is 0. The Kier molecular flexibility index (Phi) is 11.6. The van der Waals surface area contributed by atoms with E-state index in [9.17, 15) is 0 Å². The highest BCUT2D eigenvalue weighted by atomic mass is 14.6. The number of hydrogen-bond acceptors (Lipinski definition) is 2. The topological polar surface area (TPSA) is 49.9 Å². The van der Waals surface area contributed by atoms with E-state index in [0.29, 0.717) is 17.8 Å². The maximum absolute atomic E-state index is 7.69. The molecule has 10 atom stereocenters. The second-order valence-electron chi connectivity index (χ2n) is 16.0. The molecule has 0 aliphatic heterocycles. The molecule has 0 aromatic rings. The molecule has 0 spiro atoms. The van der Waals surface area contributed by atoms with Crippen LogP contribution in [0, 0.1) is 76.4 Å². The molecule has 3 fully saturated rings. The molecule has 0 amide bonds. The minimum Gasteiger partial charge on any atom is -0.330 e. The van der Waals surface area contributed by atoms with Gasteiger partial charge in [-0.1, -0.05) is 61.6 Å². The van der Waals surface area contributed by atoms with Crippen LogP contribution in [0.15, 0.2) is 60.3 Å². The smallest absolute Gasteiger partial charge is 0.0246 e. The van der Waals surface area contributed by atoms with E-state index in [1.807, 2.05) is 0 Å². The summed E-state index contributed by atoms with van der Waals surface area (Å²) in [6, 6.07) is 0. The average Bonchev–Trinajstić information content (AvgIpc) is 3.09. The Morgan fingerprint density at radius 2 is 1.43 bits per heavy atom. The minimum absolute atomic E-state index is 0.548. The maximum Gasteiger partial charge on any atom is 0.0246 e. The molecule has 6 aliphatic carbocycles. The van der Waals surface area contributed by atoms with Gasteiger partial charge in [-0.3, -0.25) is 0 Å². The van der Waals surface area contributed by atoms with Crippen molar-refractivity contribution in [3.8, 4) is 0 Å². The van der Waals surface area contributed by atoms with Gasteiger partial charge in [-0.15, -0.1) is 0 Å². The molecule has 2 heteroatoms. The van der Waals surface area contributed by atoms with E-state index in [-0.39, 0.29) is 0 Å². The van der Waals surface area contributed by atoms with Crippen LogP contribution in [0.25, 0.3) is 0 Å². The van der Waals surface area contributed by atoms with Gasteiger partial charge in [-0.05, 0) is 192 Å². The first-order valence-corrected chi connectivity index (χ1v) is 19.3. The monoisotopic (exact) mass is 597 g/mol. The van der Waals surface area contributed by atoms with Gasteiger partial charge < -0.3 is 11.1 Å². The first-order valence-electron chi connectivity index (χ1n) is 19.3. The van der Waals surface area contributed by atoms with E-state index >= 15 is 0 Å². The molecular weight excluding hydrogens is 532 g/mol. The predicted octanol–water partition coefficient (Wildman–Crippen LogP) is 10.9. The van der Waals surface area contributed by atoms with Gasteiger partial charge in [0.1, 0.15) is 0 Å². The fourth-order valence-corrected chi connectivity index (χ4v) is 11.5. The number of nitrogens with one attached hydrogen (secondary N) is 1. The summed E-state index contributed by atoms with van der Waals surface area (Å²) in [5.41, 5.74) is 7.47. The van der Waals surface area contributed by atoms with Gasteiger partial charge in [-0.25, -0.2) is 0 Å². The van der Waals surface area contributed by atoms with Crippen molar-refractivity contribution in [2.75, 3.05) is 6.54 Å². The van der Waals surface area contributed by atoms with Crippen LogP contribution in [-0.2, 0) is 0 Å². The lowest BCUT2D eigenvalue weighted by Gasteiger charge is -2.49. The highest BCUT2D eigenvalue weighted by Gasteiger charge is 2.44. The van der Waals surface area contributed by atoms with Crippen LogP contribution < -0.4 is 5.73 Å². The van der Waals surface area contributed by atoms with Gasteiger partial charge in [-0.2, -0.15) is 0 Å². The summed E-state index contributed by atoms with van der Waals surface area (Å²) in [5, 5.41) is 7.69. The first kappa shape index (κ1) is 32.3. The van der Waals surface area contributed by atoms with Crippen LogP contribution in [-0.4, -0.2) is 12.8 Å². The van der Waals surface area contributed by atoms with Gasteiger partial charge in [0.2, 0.25) is 0 Å². The molecule has 0 aromatic carbocycles. The number of hydrogen-bond donors (Lipinski definition) is 2. The van der Waals surface area contributed by atoms with Gasteiger partial charge in [0.05, 0.1) is 0 Å². The van der Waals surface area contributed by atoms with Crippen LogP contribution in [0.1, 0.15) is 116 Å². The van der Waals surface area contributed by atoms with Crippen molar-refractivity contribution in [3.63, 3.8) is 0 Å². The third-order valence-corrected chi connectivity index (χ3v) is 13.9. The minimum atomic E-state index is 0.548. The van der Waals surface area contributed by atoms with Crippen LogP contribution in [0.3, 0.4) is 0 Å². The lowest BCUT2D eigenvalue weighted by atomic mass is 9.56. The molecule has 0 aromatic heterocycles. The molecule has 44 heavy (non-hydrogen) atoms. The van der Waals surface area contributed by atoms with Crippen LogP contribution in [0.4, 0.5) is 0 Å². The summed E-state index contributed by atoms with van der Waals surface area (Å²) in [4.78, 5) is 0. The molecule has 242 valence electrons. The summed E-state index contributed by atoms with van der Waals surface area (Å²) in [6.07, 6.45) is 47.4. The average molecular weight is 597 g/mol. The van der Waals surface area contributed by atoms with E-state index in [4.69, 9.17) is 11.1 Å². The van der Waals surface area contributed by atoms with Crippen molar-refractivity contribution >= 4 is 6.21 Å². The summed E-state index contributed by atoms with van der Waals surface area (Å²) in [6.45, 7) is 2.92. The lowest BCUT2D eigenvalue weighted by Crippen LogP contribution is -2.42. The molecule has 3 saturated carbocycles. The van der Waals surface area contributed by atoms with Crippen molar-refractivity contribution in [3.05, 3.63) is 60.3 Å². The first-order chi connectivity index (χ1) is 21.7. The number of rotatable bonds is 10. The molecule has 6 rings (SSSR count). The molecule has 3 N–H and O–H groups in total. The van der Waals surface area contributed by atoms with Crippen molar-refractivity contribution in [1.82, 2.24) is 0 Å². The number of nitrogens with two attached hydrogens (primary N) is 1. The largest absolute Gasteiger partial charge is 0.330 e. The fraction of sp³-hybridized carbons (Fsp3) is 0.738. The Bertz CT molecular complexity index is 1070. The zero-order chi connectivity index (χ0) is 30.3. The molecule has 6 aliphatic rings. The van der Waals surface area contributed by atoms with Gasteiger partial charge in [0.25, 0.3) is 0 Å². The number of fused-ring (bicyclic) bond motifs is 2. The van der Waals surface area contributed by atoms with Gasteiger partial charge in [0, 0.05) is 6.21 Å². The zero-order valence-electron chi connectivity index (χ0n) is 28.0. The van der Waals surface area contributed by atoms with E-state index < -0.39 is 0 Å². The molecular formula is C42H64N2. The Labute approximate surface area is 270 Å². The van der Waals surface area contributed by atoms with Crippen LogP contribution >= 0.6 is 0 Å². The van der Waals surface area contributed by atoms with Crippen molar-refractivity contribution in [2.45, 2.75) is 116 Å². The molecule has 0 heterocycles. The van der Waals surface area contributed by atoms with E-state index in [1.54, 1.807) is 0 Å². The zero-order valence-corrected chi connectivity index (χ0v) is 28.0. The summed E-state index contributed by atoms with van der Waals surface area (Å²) < 4.78 is 0. The summed E-state index contributed by atoms with van der Waals surface area (Å²) in [5.74, 6) is 10.2. The van der Waals surface area contributed by atoms with Crippen LogP contribution in [0.5, 0.6) is 0 Å². The third-order valence-electron chi connectivity index (χ3n) is 13.9. The Morgan fingerprint density at radius 1 is 0.727 bits per heavy atom. The molecule has 10 unspecified atom stereocenters. The van der Waals surface area contributed by atoms with E-state index in [2.05, 4.69) is 61.6 Å². The van der Waals surface area contributed by atoms with E-state index in [1.165, 1.54) is 103 Å². The highest BCUT2D eigenvalue weighted by Crippen LogP contribution is 2.53. The highest BCUT2D eigenvalue weighted by molar-refractivity contribution is 5.79. The maximum atomic E-state index is 7.69. The fourth-order valence-electron chi connectivity index (χ4n) is 11.5. The van der Waals surface area contributed by atoms with Crippen molar-refractivity contribution in [2.24, 2.45) is 76.7 Å². The Morgan fingerprint density at radius 3 is 2.18 bits per heavy atom. The SMILES string of the molecule is CC/C=C(C=N)/C=C/CC(CN)C1CCC(C2C=CC(C3CCC(C4CCC5CCC=CC5C4)CC3)CC2)C2CCC=CC12. The standard InChI is InChI=1S/C42H64N2/c1-2-8-30(28-43)9-7-12-38(29-44)40-26-25-39(41-13-5-6-14-42(40)41)35-22-19-33(20-23-35)32-15-17-34(18-16-32)37-24-21-31-10-3-4-11-36(31)27-37/h4,6-9,11,14,19,22,28,31-43H,2-3,5,10,12-13,15-18,20-21,23-27,29,44H2,1H3/b9-7+,30-8-,43-28?. The van der Waals surface area contributed by atoms with Gasteiger partial charge in [0.15, 0.2) is 0 Å². The van der Waals surface area contributed by atoms with Crippen molar-refractivity contribution in [1.29, 1.82) is 5.41 Å². The summed E-state index contributed by atoms with van der Waals surface area (Å²) in [7, 11) is 0. The predicted molar refractivity (Wildman–Crippen MR) is 189 cm³/mol.